The molecule has 0 spiro atoms. The van der Waals surface area contributed by atoms with Crippen LogP contribution in [0.25, 0.3) is 0 Å². The summed E-state index contributed by atoms with van der Waals surface area (Å²) in [5.74, 6) is 5.12. The molecular weight excluding hydrogens is 249 g/mol. The van der Waals surface area contributed by atoms with Gasteiger partial charge in [0.1, 0.15) is 0 Å². The summed E-state index contributed by atoms with van der Waals surface area (Å²) in [4.78, 5) is 3.89. The Hall–Kier alpha value is -1.24. The number of hydrazine groups is 1. The SMILES string of the molecule is CCOc1nccc(C(NN)C2(C)CCCO2)c1F. The van der Waals surface area contributed by atoms with Gasteiger partial charge in [0.2, 0.25) is 0 Å². The number of ether oxygens (including phenoxy) is 2. The van der Waals surface area contributed by atoms with Crippen molar-refractivity contribution in [3.05, 3.63) is 23.6 Å². The summed E-state index contributed by atoms with van der Waals surface area (Å²) >= 11 is 0. The fraction of sp³-hybridized carbons (Fsp3) is 0.615. The molecule has 0 radical (unpaired) electrons. The Labute approximate surface area is 112 Å². The number of aromatic nitrogens is 1. The highest BCUT2D eigenvalue weighted by molar-refractivity contribution is 5.29. The molecule has 19 heavy (non-hydrogen) atoms. The lowest BCUT2D eigenvalue weighted by Crippen LogP contribution is -2.44. The molecule has 0 aliphatic carbocycles. The maximum absolute atomic E-state index is 14.4. The smallest absolute Gasteiger partial charge is 0.250 e. The third-order valence-corrected chi connectivity index (χ3v) is 3.51. The molecule has 3 N–H and O–H groups in total. The molecular formula is C13H20FN3O2. The van der Waals surface area contributed by atoms with Crippen LogP contribution in [-0.4, -0.2) is 23.8 Å². The molecule has 2 atom stereocenters. The first-order valence-corrected chi connectivity index (χ1v) is 6.49. The quantitative estimate of drug-likeness (QED) is 0.629. The second kappa shape index (κ2) is 5.81. The van der Waals surface area contributed by atoms with Crippen molar-refractivity contribution in [2.75, 3.05) is 13.2 Å². The third kappa shape index (κ3) is 2.70. The second-order valence-corrected chi connectivity index (χ2v) is 4.82. The van der Waals surface area contributed by atoms with Crippen molar-refractivity contribution in [3.8, 4) is 5.88 Å². The van der Waals surface area contributed by atoms with E-state index >= 15 is 0 Å². The molecule has 5 nitrogen and oxygen atoms in total. The van der Waals surface area contributed by atoms with Crippen molar-refractivity contribution < 1.29 is 13.9 Å². The van der Waals surface area contributed by atoms with E-state index < -0.39 is 17.5 Å². The summed E-state index contributed by atoms with van der Waals surface area (Å²) in [7, 11) is 0. The molecule has 0 amide bonds. The number of hydrogen-bond donors (Lipinski definition) is 2. The summed E-state index contributed by atoms with van der Waals surface area (Å²) in [6.45, 7) is 4.75. The van der Waals surface area contributed by atoms with E-state index in [1.807, 2.05) is 6.92 Å². The average molecular weight is 269 g/mol. The van der Waals surface area contributed by atoms with Crippen molar-refractivity contribution >= 4 is 0 Å². The summed E-state index contributed by atoms with van der Waals surface area (Å²) in [6, 6.07) is 1.17. The normalized spacial score (nSPS) is 24.4. The van der Waals surface area contributed by atoms with Crippen molar-refractivity contribution in [2.45, 2.75) is 38.3 Å². The Balaban J connectivity index is 2.35. The fourth-order valence-electron chi connectivity index (χ4n) is 2.52. The van der Waals surface area contributed by atoms with E-state index in [1.54, 1.807) is 13.0 Å². The van der Waals surface area contributed by atoms with Gasteiger partial charge in [-0.05, 0) is 32.8 Å². The van der Waals surface area contributed by atoms with E-state index in [0.29, 0.717) is 18.8 Å². The van der Waals surface area contributed by atoms with Gasteiger partial charge in [-0.1, -0.05) is 0 Å². The maximum Gasteiger partial charge on any atom is 0.250 e. The van der Waals surface area contributed by atoms with Gasteiger partial charge in [-0.3, -0.25) is 5.84 Å². The minimum atomic E-state index is -0.513. The summed E-state index contributed by atoms with van der Waals surface area (Å²) in [5, 5.41) is 0. The van der Waals surface area contributed by atoms with E-state index in [1.165, 1.54) is 6.20 Å². The molecule has 0 bridgehead atoms. The molecule has 0 saturated carbocycles. The zero-order chi connectivity index (χ0) is 13.9. The van der Waals surface area contributed by atoms with Crippen LogP contribution in [-0.2, 0) is 4.74 Å². The number of nitrogens with two attached hydrogens (primary N) is 1. The molecule has 1 fully saturated rings. The lowest BCUT2D eigenvalue weighted by atomic mass is 9.88. The maximum atomic E-state index is 14.4. The Bertz CT molecular complexity index is 436. The molecule has 1 aliphatic heterocycles. The van der Waals surface area contributed by atoms with Gasteiger partial charge in [0, 0.05) is 18.4 Å². The van der Waals surface area contributed by atoms with Crippen LogP contribution in [0.5, 0.6) is 5.88 Å². The lowest BCUT2D eigenvalue weighted by Gasteiger charge is -2.33. The van der Waals surface area contributed by atoms with Crippen LogP contribution >= 0.6 is 0 Å². The fourth-order valence-corrected chi connectivity index (χ4v) is 2.52. The molecule has 0 aromatic carbocycles. The standard InChI is InChI=1S/C13H20FN3O2/c1-3-18-12-10(14)9(5-7-16-12)11(17-15)13(2)6-4-8-19-13/h5,7,11,17H,3-4,6,8,15H2,1-2H3. The molecule has 2 unspecified atom stereocenters. The number of nitrogens with zero attached hydrogens (tertiary/aromatic N) is 1. The van der Waals surface area contributed by atoms with Crippen LogP contribution in [0.2, 0.25) is 0 Å². The molecule has 1 aromatic rings. The third-order valence-electron chi connectivity index (χ3n) is 3.51. The Morgan fingerprint density at radius 3 is 3.05 bits per heavy atom. The van der Waals surface area contributed by atoms with Crippen LogP contribution in [0.3, 0.4) is 0 Å². The second-order valence-electron chi connectivity index (χ2n) is 4.82. The molecule has 1 aromatic heterocycles. The number of pyridine rings is 1. The van der Waals surface area contributed by atoms with Crippen molar-refractivity contribution in [1.29, 1.82) is 0 Å². The van der Waals surface area contributed by atoms with E-state index in [9.17, 15) is 4.39 Å². The highest BCUT2D eigenvalue weighted by Gasteiger charge is 2.40. The van der Waals surface area contributed by atoms with E-state index in [2.05, 4.69) is 10.4 Å². The van der Waals surface area contributed by atoms with Crippen molar-refractivity contribution in [1.82, 2.24) is 10.4 Å². The van der Waals surface area contributed by atoms with Crippen LogP contribution in [0.1, 0.15) is 38.3 Å². The number of hydrogen-bond acceptors (Lipinski definition) is 5. The number of halogens is 1. The van der Waals surface area contributed by atoms with Crippen LogP contribution in [0, 0.1) is 5.82 Å². The number of nitrogens with one attached hydrogen (secondary N) is 1. The van der Waals surface area contributed by atoms with E-state index in [0.717, 1.165) is 12.8 Å². The molecule has 1 aliphatic rings. The predicted octanol–water partition coefficient (Wildman–Crippen LogP) is 1.69. The van der Waals surface area contributed by atoms with Crippen LogP contribution in [0.4, 0.5) is 4.39 Å². The first-order chi connectivity index (χ1) is 9.12. The average Bonchev–Trinajstić information content (AvgIpc) is 2.82. The van der Waals surface area contributed by atoms with Crippen molar-refractivity contribution in [2.24, 2.45) is 5.84 Å². The summed E-state index contributed by atoms with van der Waals surface area (Å²) < 4.78 is 25.3. The van der Waals surface area contributed by atoms with Gasteiger partial charge in [-0.15, -0.1) is 0 Å². The monoisotopic (exact) mass is 269 g/mol. The minimum absolute atomic E-state index is 0.00171. The molecule has 6 heteroatoms. The van der Waals surface area contributed by atoms with Gasteiger partial charge in [0.25, 0.3) is 5.88 Å². The molecule has 2 heterocycles. The minimum Gasteiger partial charge on any atom is -0.476 e. The van der Waals surface area contributed by atoms with Gasteiger partial charge < -0.3 is 9.47 Å². The zero-order valence-electron chi connectivity index (χ0n) is 11.3. The Morgan fingerprint density at radius 2 is 2.47 bits per heavy atom. The van der Waals surface area contributed by atoms with Gasteiger partial charge in [-0.25, -0.2) is 14.8 Å². The Morgan fingerprint density at radius 1 is 1.68 bits per heavy atom. The summed E-state index contributed by atoms with van der Waals surface area (Å²) in [6.07, 6.45) is 3.29. The summed E-state index contributed by atoms with van der Waals surface area (Å²) in [5.41, 5.74) is 2.57. The zero-order valence-corrected chi connectivity index (χ0v) is 11.3. The Kier molecular flexibility index (Phi) is 4.34. The molecule has 1 saturated heterocycles. The van der Waals surface area contributed by atoms with Gasteiger partial charge in [0.15, 0.2) is 5.82 Å². The lowest BCUT2D eigenvalue weighted by molar-refractivity contribution is -0.0136. The topological polar surface area (TPSA) is 69.4 Å². The highest BCUT2D eigenvalue weighted by atomic mass is 19.1. The van der Waals surface area contributed by atoms with Crippen molar-refractivity contribution in [3.63, 3.8) is 0 Å². The highest BCUT2D eigenvalue weighted by Crippen LogP contribution is 2.38. The molecule has 106 valence electrons. The van der Waals surface area contributed by atoms with Gasteiger partial charge in [0.05, 0.1) is 18.2 Å². The van der Waals surface area contributed by atoms with E-state index in [4.69, 9.17) is 15.3 Å². The van der Waals surface area contributed by atoms with Crippen LogP contribution < -0.4 is 16.0 Å². The molecule has 2 rings (SSSR count). The van der Waals surface area contributed by atoms with Gasteiger partial charge >= 0.3 is 0 Å². The largest absolute Gasteiger partial charge is 0.476 e. The van der Waals surface area contributed by atoms with Gasteiger partial charge in [-0.2, -0.15) is 0 Å². The first kappa shape index (κ1) is 14.2. The van der Waals surface area contributed by atoms with E-state index in [-0.39, 0.29) is 5.88 Å². The number of rotatable bonds is 5. The first-order valence-electron chi connectivity index (χ1n) is 6.49. The van der Waals surface area contributed by atoms with Crippen LogP contribution in [0.15, 0.2) is 12.3 Å². The predicted molar refractivity (Wildman–Crippen MR) is 69.0 cm³/mol.